The molecule has 12 atom stereocenters. The van der Waals surface area contributed by atoms with E-state index < -0.39 is 85.1 Å². The second kappa shape index (κ2) is 53.4. The monoisotopic (exact) mass is 1170 g/mol. The van der Waals surface area contributed by atoms with Gasteiger partial charge in [-0.25, -0.2) is 0 Å². The van der Waals surface area contributed by atoms with Crippen LogP contribution in [0.2, 0.25) is 0 Å². The van der Waals surface area contributed by atoms with Crippen LogP contribution in [0.5, 0.6) is 0 Å². The third-order valence-electron chi connectivity index (χ3n) is 15.9. The van der Waals surface area contributed by atoms with Crippen LogP contribution in [0.3, 0.4) is 0 Å². The van der Waals surface area contributed by atoms with Crippen molar-refractivity contribution in [1.29, 1.82) is 0 Å². The molecule has 0 saturated heterocycles. The third kappa shape index (κ3) is 40.8. The molecule has 81 heavy (non-hydrogen) atoms. The lowest BCUT2D eigenvalue weighted by Crippen LogP contribution is -2.37. The van der Waals surface area contributed by atoms with Gasteiger partial charge in [0.05, 0.1) is 73.2 Å². The summed E-state index contributed by atoms with van der Waals surface area (Å²) in [5.74, 6) is -1.36. The van der Waals surface area contributed by atoms with E-state index >= 15 is 0 Å². The van der Waals surface area contributed by atoms with Gasteiger partial charge < -0.3 is 73.3 Å². The van der Waals surface area contributed by atoms with Crippen molar-refractivity contribution in [2.24, 2.45) is 0 Å². The Morgan fingerprint density at radius 1 is 0.296 bits per heavy atom. The van der Waals surface area contributed by atoms with Crippen molar-refractivity contribution in [3.63, 3.8) is 0 Å². The standard InChI is InChI=1S/C63H122O18/c1-10-13-25-34-51(66)59(77-8)45-60(78-9)52(67)37-30-21-18-24-33-42-63(72)81-48(46-79-61(70)40-31-22-16-19-28-35-49(64)57(75-6)43-53(68)55(73-4)38-26-14-11-2)47-80-62(71)41-32-23-17-20-29-36-50(65)58(76-7)44-54(69)56(74-5)39-27-15-12-3/h48-60,64-69H,10-47H2,1-9H3. The first-order valence-corrected chi connectivity index (χ1v) is 31.8. The third-order valence-corrected chi connectivity index (χ3v) is 15.9. The summed E-state index contributed by atoms with van der Waals surface area (Å²) in [5, 5.41) is 64.7. The topological polar surface area (TPSA) is 256 Å². The lowest BCUT2D eigenvalue weighted by molar-refractivity contribution is -0.167. The quantitative estimate of drug-likeness (QED) is 0.0188. The number of carbonyl (C=O) groups is 3. The molecule has 0 aromatic rings. The van der Waals surface area contributed by atoms with E-state index in [1.807, 2.05) is 0 Å². The summed E-state index contributed by atoms with van der Waals surface area (Å²) in [6.45, 7) is 5.88. The van der Waals surface area contributed by atoms with Gasteiger partial charge in [0.2, 0.25) is 0 Å². The molecule has 0 bridgehead atoms. The molecule has 0 aromatic heterocycles. The summed E-state index contributed by atoms with van der Waals surface area (Å²) in [7, 11) is 9.42. The fourth-order valence-corrected chi connectivity index (χ4v) is 10.5. The Bertz CT molecular complexity index is 1370. The normalized spacial score (nSPS) is 16.8. The first kappa shape index (κ1) is 78.9. The highest BCUT2D eigenvalue weighted by Crippen LogP contribution is 2.24. The highest BCUT2D eigenvalue weighted by atomic mass is 16.6. The zero-order valence-electron chi connectivity index (χ0n) is 52.5. The molecule has 0 fully saturated rings. The van der Waals surface area contributed by atoms with Crippen LogP contribution in [0, 0.1) is 0 Å². The fraction of sp³-hybridized carbons (Fsp3) is 0.952. The fourth-order valence-electron chi connectivity index (χ4n) is 10.5. The lowest BCUT2D eigenvalue weighted by Gasteiger charge is -2.28. The molecule has 0 spiro atoms. The summed E-state index contributed by atoms with van der Waals surface area (Å²) in [6.07, 6.45) is 18.3. The summed E-state index contributed by atoms with van der Waals surface area (Å²) < 4.78 is 50.1. The van der Waals surface area contributed by atoms with Crippen LogP contribution >= 0.6 is 0 Å². The number of ether oxygens (including phenoxy) is 9. The Labute approximate surface area is 491 Å². The zero-order chi connectivity index (χ0) is 60.5. The van der Waals surface area contributed by atoms with Crippen molar-refractivity contribution in [3.05, 3.63) is 0 Å². The number of hydrogen-bond acceptors (Lipinski definition) is 18. The SMILES string of the molecule is CCCCCC(O)C(CC(OC)C(O)CCCCCCCC(=O)OC(COC(=O)CCCCCCCC(O)C(CC(O)C(CCCCC)OC)OC)COC(=O)CCCCCCCC(O)C(CC(O)C(CCCCC)OC)OC)OC. The molecule has 0 amide bonds. The lowest BCUT2D eigenvalue weighted by atomic mass is 9.96. The maximum Gasteiger partial charge on any atom is 0.306 e. The van der Waals surface area contributed by atoms with Gasteiger partial charge >= 0.3 is 17.9 Å². The maximum absolute atomic E-state index is 13.1. The number of methoxy groups -OCH3 is 6. The minimum Gasteiger partial charge on any atom is -0.462 e. The molecular weight excluding hydrogens is 1040 g/mol. The number of esters is 3. The molecular formula is C63H122O18. The molecule has 18 heteroatoms. The highest BCUT2D eigenvalue weighted by molar-refractivity contribution is 5.71. The average Bonchev–Trinajstić information content (AvgIpc) is 3.45. The Kier molecular flexibility index (Phi) is 52.0. The van der Waals surface area contributed by atoms with Gasteiger partial charge in [-0.3, -0.25) is 14.4 Å². The van der Waals surface area contributed by atoms with E-state index in [1.54, 1.807) is 42.7 Å². The number of aliphatic hydroxyl groups excluding tert-OH is 6. The molecule has 0 heterocycles. The van der Waals surface area contributed by atoms with E-state index in [0.717, 1.165) is 148 Å². The van der Waals surface area contributed by atoms with Crippen LogP contribution in [0.1, 0.15) is 252 Å². The van der Waals surface area contributed by atoms with E-state index in [9.17, 15) is 45.0 Å². The van der Waals surface area contributed by atoms with Crippen LogP contribution in [-0.4, -0.2) is 184 Å². The van der Waals surface area contributed by atoms with Gasteiger partial charge in [-0.1, -0.05) is 156 Å². The number of unbranched alkanes of at least 4 members (excludes halogenated alkanes) is 18. The number of carbonyl (C=O) groups excluding carboxylic acids is 3. The van der Waals surface area contributed by atoms with Crippen LogP contribution in [-0.2, 0) is 57.0 Å². The number of aliphatic hydroxyl groups is 6. The van der Waals surface area contributed by atoms with Crippen molar-refractivity contribution in [2.45, 2.75) is 331 Å². The largest absolute Gasteiger partial charge is 0.462 e. The van der Waals surface area contributed by atoms with E-state index in [-0.39, 0.29) is 57.5 Å². The van der Waals surface area contributed by atoms with E-state index in [0.29, 0.717) is 51.4 Å². The second-order valence-electron chi connectivity index (χ2n) is 22.6. The summed E-state index contributed by atoms with van der Waals surface area (Å²) in [6, 6.07) is 0. The molecule has 0 radical (unpaired) electrons. The first-order valence-electron chi connectivity index (χ1n) is 31.8. The average molecular weight is 1170 g/mol. The van der Waals surface area contributed by atoms with Crippen molar-refractivity contribution < 1.29 is 87.7 Å². The summed E-state index contributed by atoms with van der Waals surface area (Å²) in [4.78, 5) is 38.8. The van der Waals surface area contributed by atoms with Gasteiger partial charge in [-0.05, 0) is 57.8 Å². The molecule has 18 nitrogen and oxygen atoms in total. The molecule has 0 aliphatic carbocycles. The van der Waals surface area contributed by atoms with Crippen molar-refractivity contribution in [1.82, 2.24) is 0 Å². The van der Waals surface area contributed by atoms with Crippen LogP contribution in [0.25, 0.3) is 0 Å². The van der Waals surface area contributed by atoms with Gasteiger partial charge in [-0.15, -0.1) is 0 Å². The summed E-state index contributed by atoms with van der Waals surface area (Å²) in [5.41, 5.74) is 0. The highest BCUT2D eigenvalue weighted by Gasteiger charge is 2.30. The van der Waals surface area contributed by atoms with E-state index in [1.165, 1.54) is 0 Å². The molecule has 0 aliphatic heterocycles. The molecule has 0 aromatic carbocycles. The molecule has 0 rings (SSSR count). The Morgan fingerprint density at radius 2 is 0.556 bits per heavy atom. The molecule has 12 unspecified atom stereocenters. The minimum atomic E-state index is -0.967. The molecule has 482 valence electrons. The van der Waals surface area contributed by atoms with Crippen LogP contribution in [0.4, 0.5) is 0 Å². The van der Waals surface area contributed by atoms with Crippen molar-refractivity contribution >= 4 is 17.9 Å². The molecule has 0 aliphatic rings. The van der Waals surface area contributed by atoms with Crippen LogP contribution in [0.15, 0.2) is 0 Å². The Morgan fingerprint density at radius 3 is 0.864 bits per heavy atom. The predicted molar refractivity (Wildman–Crippen MR) is 316 cm³/mol. The predicted octanol–water partition coefficient (Wildman–Crippen LogP) is 10.3. The summed E-state index contributed by atoms with van der Waals surface area (Å²) >= 11 is 0. The van der Waals surface area contributed by atoms with Gasteiger partial charge in [0, 0.05) is 81.2 Å². The van der Waals surface area contributed by atoms with Gasteiger partial charge in [0.15, 0.2) is 6.10 Å². The number of hydrogen-bond donors (Lipinski definition) is 6. The van der Waals surface area contributed by atoms with Gasteiger partial charge in [0.1, 0.15) is 13.2 Å². The van der Waals surface area contributed by atoms with E-state index in [4.69, 9.17) is 42.6 Å². The minimum absolute atomic E-state index is 0.142. The van der Waals surface area contributed by atoms with Gasteiger partial charge in [-0.2, -0.15) is 0 Å². The smallest absolute Gasteiger partial charge is 0.306 e. The maximum atomic E-state index is 13.1. The van der Waals surface area contributed by atoms with Crippen molar-refractivity contribution in [3.8, 4) is 0 Å². The second-order valence-corrected chi connectivity index (χ2v) is 22.6. The zero-order valence-corrected chi connectivity index (χ0v) is 52.5. The van der Waals surface area contributed by atoms with Gasteiger partial charge in [0.25, 0.3) is 0 Å². The first-order chi connectivity index (χ1) is 39.1. The Hall–Kier alpha value is -2.07. The molecule has 0 saturated carbocycles. The van der Waals surface area contributed by atoms with Crippen molar-refractivity contribution in [2.75, 3.05) is 55.9 Å². The number of rotatable bonds is 59. The van der Waals surface area contributed by atoms with Crippen LogP contribution < -0.4 is 0 Å². The Balaban J connectivity index is 5.07. The van der Waals surface area contributed by atoms with E-state index in [2.05, 4.69) is 20.8 Å². The molecule has 6 N–H and O–H groups in total.